The Morgan fingerprint density at radius 1 is 1.56 bits per heavy atom. The van der Waals surface area contributed by atoms with Crippen molar-refractivity contribution in [1.82, 2.24) is 0 Å². The zero-order chi connectivity index (χ0) is 7.11. The molecule has 0 bridgehead atoms. The standard InChI is InChI=1S/C5H9F2NSi/c6-5(7)9-4-2-1-3-8/h5H,1-2,4,9H2. The molecule has 0 aliphatic carbocycles. The van der Waals surface area contributed by atoms with Crippen molar-refractivity contribution in [1.29, 1.82) is 5.26 Å². The summed E-state index contributed by atoms with van der Waals surface area (Å²) in [5.74, 6) is 0. The molecule has 0 atom stereocenters. The zero-order valence-electron chi connectivity index (χ0n) is 5.11. The van der Waals surface area contributed by atoms with Gasteiger partial charge in [0.1, 0.15) is 9.52 Å². The van der Waals surface area contributed by atoms with E-state index in [1.807, 2.05) is 6.07 Å². The third kappa shape index (κ3) is 7.57. The van der Waals surface area contributed by atoms with Crippen molar-refractivity contribution in [3.8, 4) is 6.07 Å². The van der Waals surface area contributed by atoms with Crippen molar-refractivity contribution in [3.05, 3.63) is 0 Å². The maximum Gasteiger partial charge on any atom is 0.214 e. The molecule has 0 saturated heterocycles. The molecule has 0 unspecified atom stereocenters. The first kappa shape index (κ1) is 8.57. The summed E-state index contributed by atoms with van der Waals surface area (Å²) in [6.45, 7) is 0. The third-order valence-electron chi connectivity index (χ3n) is 0.961. The second-order valence-electron chi connectivity index (χ2n) is 1.79. The molecule has 0 aromatic rings. The minimum absolute atomic E-state index is 0.430. The average molecular weight is 149 g/mol. The maximum atomic E-state index is 11.4. The molecule has 0 spiro atoms. The van der Waals surface area contributed by atoms with E-state index < -0.39 is 15.6 Å². The molecule has 9 heavy (non-hydrogen) atoms. The number of alkyl halides is 2. The van der Waals surface area contributed by atoms with Gasteiger partial charge in [-0.25, -0.2) is 8.78 Å². The van der Waals surface area contributed by atoms with Crippen LogP contribution >= 0.6 is 0 Å². The van der Waals surface area contributed by atoms with Crippen LogP contribution in [0.15, 0.2) is 0 Å². The molecule has 0 aromatic carbocycles. The highest BCUT2D eigenvalue weighted by Crippen LogP contribution is 1.98. The second kappa shape index (κ2) is 5.70. The van der Waals surface area contributed by atoms with Gasteiger partial charge >= 0.3 is 0 Å². The van der Waals surface area contributed by atoms with E-state index in [0.29, 0.717) is 18.9 Å². The van der Waals surface area contributed by atoms with E-state index in [9.17, 15) is 8.78 Å². The molecule has 0 amide bonds. The molecule has 0 radical (unpaired) electrons. The molecule has 0 aliphatic heterocycles. The molecule has 0 heterocycles. The first-order valence-corrected chi connectivity index (χ1v) is 4.74. The lowest BCUT2D eigenvalue weighted by Crippen LogP contribution is -2.02. The van der Waals surface area contributed by atoms with Crippen molar-refractivity contribution in [2.75, 3.05) is 0 Å². The summed E-state index contributed by atoms with van der Waals surface area (Å²) in [5.41, 5.74) is 0. The molecule has 0 saturated carbocycles. The van der Waals surface area contributed by atoms with Gasteiger partial charge in [-0.1, -0.05) is 6.04 Å². The van der Waals surface area contributed by atoms with Gasteiger partial charge in [0.25, 0.3) is 0 Å². The summed E-state index contributed by atoms with van der Waals surface area (Å²) in [4.78, 5) is 0. The van der Waals surface area contributed by atoms with E-state index in [4.69, 9.17) is 5.26 Å². The Balaban J connectivity index is 2.85. The van der Waals surface area contributed by atoms with E-state index in [0.717, 1.165) is 0 Å². The third-order valence-corrected chi connectivity index (χ3v) is 2.31. The molecular formula is C5H9F2NSi. The fourth-order valence-corrected chi connectivity index (χ4v) is 1.35. The van der Waals surface area contributed by atoms with E-state index in [1.165, 1.54) is 0 Å². The van der Waals surface area contributed by atoms with Crippen LogP contribution in [0, 0.1) is 11.3 Å². The van der Waals surface area contributed by atoms with Gasteiger partial charge in [0.15, 0.2) is 0 Å². The average Bonchev–Trinajstić information content (AvgIpc) is 1.80. The predicted octanol–water partition coefficient (Wildman–Crippen LogP) is 1.10. The van der Waals surface area contributed by atoms with Gasteiger partial charge in [0.2, 0.25) is 6.05 Å². The molecule has 4 heteroatoms. The van der Waals surface area contributed by atoms with Crippen LogP contribution in [0.1, 0.15) is 12.8 Å². The topological polar surface area (TPSA) is 23.8 Å². The van der Waals surface area contributed by atoms with Crippen molar-refractivity contribution >= 4 is 9.52 Å². The Morgan fingerprint density at radius 3 is 2.67 bits per heavy atom. The number of rotatable bonds is 4. The first-order chi connectivity index (χ1) is 4.27. The van der Waals surface area contributed by atoms with E-state index >= 15 is 0 Å². The lowest BCUT2D eigenvalue weighted by molar-refractivity contribution is 0.237. The van der Waals surface area contributed by atoms with Gasteiger partial charge in [-0.15, -0.1) is 0 Å². The monoisotopic (exact) mass is 149 g/mol. The highest BCUT2D eigenvalue weighted by molar-refractivity contribution is 6.36. The van der Waals surface area contributed by atoms with Crippen LogP contribution in [0.25, 0.3) is 0 Å². The highest BCUT2D eigenvalue weighted by Gasteiger charge is 2.00. The molecular weight excluding hydrogens is 140 g/mol. The normalized spacial score (nSPS) is 10.9. The Hall–Kier alpha value is -0.433. The molecule has 0 rings (SSSR count). The van der Waals surface area contributed by atoms with E-state index in [1.54, 1.807) is 0 Å². The van der Waals surface area contributed by atoms with Gasteiger partial charge in [-0.2, -0.15) is 5.26 Å². The van der Waals surface area contributed by atoms with Crippen molar-refractivity contribution in [2.45, 2.75) is 24.9 Å². The first-order valence-electron chi connectivity index (χ1n) is 2.92. The van der Waals surface area contributed by atoms with Crippen LogP contribution in [0.2, 0.25) is 6.04 Å². The van der Waals surface area contributed by atoms with Gasteiger partial charge in [-0.05, 0) is 6.42 Å². The Labute approximate surface area is 55.5 Å². The van der Waals surface area contributed by atoms with Crippen LogP contribution in [0.5, 0.6) is 0 Å². The maximum absolute atomic E-state index is 11.4. The van der Waals surface area contributed by atoms with Crippen LogP contribution in [0.3, 0.4) is 0 Å². The van der Waals surface area contributed by atoms with Crippen molar-refractivity contribution < 1.29 is 8.78 Å². The minimum atomic E-state index is -2.07. The largest absolute Gasteiger partial charge is 0.216 e. The smallest absolute Gasteiger partial charge is 0.214 e. The Morgan fingerprint density at radius 2 is 2.22 bits per heavy atom. The summed E-state index contributed by atoms with van der Waals surface area (Å²) in [5, 5.41) is 8.01. The molecule has 1 nitrogen and oxygen atoms in total. The summed E-state index contributed by atoms with van der Waals surface area (Å²) in [6, 6.07) is 0.455. The van der Waals surface area contributed by atoms with Crippen molar-refractivity contribution in [2.24, 2.45) is 0 Å². The fourth-order valence-electron chi connectivity index (χ4n) is 0.503. The number of halogens is 2. The van der Waals surface area contributed by atoms with Crippen LogP contribution in [-0.4, -0.2) is 15.6 Å². The minimum Gasteiger partial charge on any atom is -0.216 e. The SMILES string of the molecule is N#CCCC[SiH2]C(F)F. The summed E-state index contributed by atoms with van der Waals surface area (Å²) in [7, 11) is -1.16. The van der Waals surface area contributed by atoms with Crippen LogP contribution < -0.4 is 0 Å². The fraction of sp³-hybridized carbons (Fsp3) is 0.800. The molecule has 0 aliphatic rings. The van der Waals surface area contributed by atoms with Crippen LogP contribution in [0.4, 0.5) is 8.78 Å². The van der Waals surface area contributed by atoms with Gasteiger partial charge < -0.3 is 0 Å². The van der Waals surface area contributed by atoms with E-state index in [-0.39, 0.29) is 0 Å². The molecule has 0 aromatic heterocycles. The lowest BCUT2D eigenvalue weighted by Gasteiger charge is -1.92. The van der Waals surface area contributed by atoms with E-state index in [2.05, 4.69) is 0 Å². The summed E-state index contributed by atoms with van der Waals surface area (Å²) < 4.78 is 22.9. The second-order valence-corrected chi connectivity index (χ2v) is 3.70. The molecule has 0 N–H and O–H groups in total. The lowest BCUT2D eigenvalue weighted by atomic mass is 10.4. The van der Waals surface area contributed by atoms with Crippen molar-refractivity contribution in [3.63, 3.8) is 0 Å². The molecule has 0 fully saturated rings. The van der Waals surface area contributed by atoms with Gasteiger partial charge in [-0.3, -0.25) is 0 Å². The number of hydrogen-bond acceptors (Lipinski definition) is 1. The highest BCUT2D eigenvalue weighted by atomic mass is 28.2. The summed E-state index contributed by atoms with van der Waals surface area (Å²) in [6.07, 6.45) is 1.09. The number of hydrogen-bond donors (Lipinski definition) is 0. The zero-order valence-corrected chi connectivity index (χ0v) is 6.52. The molecule has 52 valence electrons. The Kier molecular flexibility index (Phi) is 5.42. The van der Waals surface area contributed by atoms with Gasteiger partial charge in [0.05, 0.1) is 6.07 Å². The van der Waals surface area contributed by atoms with Gasteiger partial charge in [0, 0.05) is 6.42 Å². The predicted molar refractivity (Wildman–Crippen MR) is 34.2 cm³/mol. The quantitative estimate of drug-likeness (QED) is 0.434. The van der Waals surface area contributed by atoms with Crippen LogP contribution in [-0.2, 0) is 0 Å². The number of nitrogens with zero attached hydrogens (tertiary/aromatic N) is 1. The summed E-state index contributed by atoms with van der Waals surface area (Å²) >= 11 is 0. The Bertz CT molecular complexity index is 99.6. The number of nitriles is 1. The number of unbranched alkanes of at least 4 members (excludes halogenated alkanes) is 1.